The number of allylic oxidation sites excluding steroid dienone is 3. The molecule has 0 unspecified atom stereocenters. The van der Waals surface area contributed by atoms with Gasteiger partial charge in [-0.3, -0.25) is 53.3 Å². The Morgan fingerprint density at radius 1 is 0.784 bits per heavy atom. The number of aliphatic hydroxyl groups is 2. The maximum absolute atomic E-state index is 15.4. The molecule has 17 atom stereocenters. The molecule has 5 aromatic carbocycles. The number of nitrogens with one attached hydrogen (secondary N) is 11. The number of esters is 1. The van der Waals surface area contributed by atoms with E-state index < -0.39 is 239 Å². The van der Waals surface area contributed by atoms with E-state index in [4.69, 9.17) is 46.8 Å². The number of urea groups is 1. The first-order chi connectivity index (χ1) is 65.7. The number of rotatable bonds is 29. The molecule has 0 radical (unpaired) electrons. The fraction of sp³-hybridized carbons (Fsp3) is 0.467. The zero-order chi connectivity index (χ0) is 102. The van der Waals surface area contributed by atoms with Gasteiger partial charge in [0.1, 0.15) is 94.8 Å². The number of nitrogens with two attached hydrogens (primary N) is 2. The van der Waals surface area contributed by atoms with E-state index in [-0.39, 0.29) is 90.6 Å². The van der Waals surface area contributed by atoms with Crippen LogP contribution in [0.25, 0.3) is 10.9 Å². The molecule has 13 amide bonds. The first kappa shape index (κ1) is 110. The topological polar surface area (TPSA) is 527 Å². The van der Waals surface area contributed by atoms with E-state index in [1.165, 1.54) is 88.7 Å². The van der Waals surface area contributed by atoms with E-state index >= 15 is 19.2 Å². The van der Waals surface area contributed by atoms with Gasteiger partial charge in [0.2, 0.25) is 59.1 Å². The van der Waals surface area contributed by atoms with Crippen LogP contribution in [-0.4, -0.2) is 256 Å². The van der Waals surface area contributed by atoms with Crippen molar-refractivity contribution in [2.45, 2.75) is 207 Å². The molecule has 754 valence electrons. The van der Waals surface area contributed by atoms with Gasteiger partial charge in [0.25, 0.3) is 0 Å². The first-order valence-electron chi connectivity index (χ1n) is 44.1. The Morgan fingerprint density at radius 2 is 1.43 bits per heavy atom. The van der Waals surface area contributed by atoms with Gasteiger partial charge in [-0.2, -0.15) is 26.3 Å². The lowest BCUT2D eigenvalue weighted by Gasteiger charge is -2.42. The smallest absolute Gasteiger partial charge is 0.416 e. The second kappa shape index (κ2) is 49.1. The summed E-state index contributed by atoms with van der Waals surface area (Å²) in [6.45, 7) is 7.78. The molecule has 10 rings (SSSR count). The highest BCUT2D eigenvalue weighted by atomic mass is 35.5. The third-order valence-electron chi connectivity index (χ3n) is 23.9. The van der Waals surface area contributed by atoms with E-state index in [0.717, 1.165) is 60.6 Å². The van der Waals surface area contributed by atoms with Crippen LogP contribution in [0.5, 0.6) is 11.5 Å². The molecule has 3 fully saturated rings. The van der Waals surface area contributed by atoms with Gasteiger partial charge in [0.05, 0.1) is 42.6 Å². The number of alkyl halides is 6. The monoisotopic (exact) mass is 2040 g/mol. The number of aromatic amines is 1. The number of likely N-dealkylation sites (N-methyl/N-ethyl adjacent to an activating group) is 1. The van der Waals surface area contributed by atoms with Crippen molar-refractivity contribution in [3.63, 3.8) is 0 Å². The fourth-order valence-corrected chi connectivity index (χ4v) is 20.6. The number of amides is 13. The maximum Gasteiger partial charge on any atom is 0.416 e. The Balaban J connectivity index is 0.894. The van der Waals surface area contributed by atoms with Crippen LogP contribution in [0.15, 0.2) is 139 Å². The van der Waals surface area contributed by atoms with Gasteiger partial charge in [0, 0.05) is 105 Å². The summed E-state index contributed by atoms with van der Waals surface area (Å²) < 4.78 is 114. The third kappa shape index (κ3) is 30.0. The second-order valence-corrected chi connectivity index (χ2v) is 39.7. The number of phenolic OH excluding ortho intramolecular Hbond substituents is 1. The molecule has 1 aromatic heterocycles. The number of epoxide rings is 1. The summed E-state index contributed by atoms with van der Waals surface area (Å²) in [6, 6.07) is 6.71. The van der Waals surface area contributed by atoms with Gasteiger partial charge in [-0.1, -0.05) is 146 Å². The predicted molar refractivity (Wildman–Crippen MR) is 509 cm³/mol. The molecule has 0 spiro atoms. The van der Waals surface area contributed by atoms with Crippen LogP contribution in [0.2, 0.25) is 5.02 Å². The molecule has 0 aliphatic carbocycles. The molecule has 18 N–H and O–H groups in total. The van der Waals surface area contributed by atoms with Gasteiger partial charge >= 0.3 is 30.4 Å². The van der Waals surface area contributed by atoms with Crippen LogP contribution in [0.1, 0.15) is 107 Å². The lowest BCUT2D eigenvalue weighted by atomic mass is 9.83. The summed E-state index contributed by atoms with van der Waals surface area (Å²) in [5.74, 6) is -13.4. The quantitative estimate of drug-likeness (QED) is 0.00724. The van der Waals surface area contributed by atoms with Crippen molar-refractivity contribution in [1.82, 2.24) is 57.7 Å². The highest BCUT2D eigenvalue weighted by Gasteiger charge is 2.65. The molecular weight excluding hydrogens is 1930 g/mol. The van der Waals surface area contributed by atoms with E-state index in [2.05, 4.69) is 52.8 Å². The van der Waals surface area contributed by atoms with Crippen molar-refractivity contribution in [2.24, 2.45) is 17.4 Å². The number of methoxy groups -OCH3 is 2. The highest BCUT2D eigenvalue weighted by molar-refractivity contribution is 8.77. The predicted octanol–water partition coefficient (Wildman–Crippen LogP) is 7.21. The van der Waals surface area contributed by atoms with Gasteiger partial charge in [0.15, 0.2) is 5.72 Å². The van der Waals surface area contributed by atoms with Crippen molar-refractivity contribution in [3.05, 3.63) is 178 Å². The molecule has 6 aromatic rings. The number of ether oxygens (including phenoxy) is 5. The molecule has 0 saturated carbocycles. The number of para-hydroxylation sites is 1. The van der Waals surface area contributed by atoms with Gasteiger partial charge in [-0.15, -0.1) is 0 Å². The number of carbonyl (C=O) groups excluding carboxylic acids is 13. The number of aromatic nitrogens is 1. The number of hydrogen-bond donors (Lipinski definition) is 16. The van der Waals surface area contributed by atoms with Crippen molar-refractivity contribution < 1.29 is 128 Å². The Hall–Kier alpha value is -11.5. The standard InChI is InChI=1S/C92H112ClF6N15O21S4/c1-47-18-17-24-71(132-9)90(130)42-70(133-88(129)112-90)48(2)77-89(5,135-77)72(41-74(118)114(7)68-35-53(32-47)36-69(131-8)75(68)93)134-86(127)49(3)113(6)73(117)29-31-136-137-44-65(78(101)119)107-84(125)67-46-139-138-45-66(108-81(122)63(33-51-19-11-10-12-20-51)110-87(128)103-57-39-55(91(94,95)96)38-56(40-57)92(97,98)99)83(124)105-62(34-52-25-27-58(116)28-26-52)80(121)106-64(37-54-43-102-60-22-14-13-21-59(54)60)82(123)104-61(23-15-16-30-100)79(120)111-76(50(4)115)85(126)109-67/h10-14,17-22,24-28,35-36,38-40,43,48-50,61-67,70-72,76-77,102,115-116,130H,15-16,23,29-34,37,41-42,44-46,100H2,1-9H3,(H2,101,119)(H,104,123)(H,105,124)(H,106,121)(H,107,125)(H,108,122)(H,109,126)(H,111,120)(H,112,129)(H2,103,110,128)/b24-17+,47-18+/t48-,49+,50-,61+,62+,63-,64-,65+,66+,67+,70+,71-,72+,76+,77+,89+,90+/m1/s1. The largest absolute Gasteiger partial charge is 0.508 e. The number of benzene rings is 5. The summed E-state index contributed by atoms with van der Waals surface area (Å²) in [4.78, 5) is 195. The Kier molecular flexibility index (Phi) is 38.7. The average Bonchev–Trinajstić information content (AvgIpc) is 1.57. The van der Waals surface area contributed by atoms with Crippen molar-refractivity contribution in [3.8, 4) is 11.5 Å². The van der Waals surface area contributed by atoms with Crippen LogP contribution in [0, 0.1) is 5.92 Å². The average molecular weight is 2040 g/mol. The number of aliphatic hydroxyl groups excluding tert-OH is 1. The lowest BCUT2D eigenvalue weighted by Crippen LogP contribution is -2.63. The third-order valence-corrected chi connectivity index (χ3v) is 29.1. The fourth-order valence-electron chi connectivity index (χ4n) is 15.8. The molecular formula is C92H112ClF6N15O21S4. The Bertz CT molecular complexity index is 5470. The Labute approximate surface area is 816 Å². The summed E-state index contributed by atoms with van der Waals surface area (Å²) >= 11 is 6.89. The number of unbranched alkanes of at least 4 members (excludes halogenated alkanes) is 1. The van der Waals surface area contributed by atoms with E-state index in [1.54, 1.807) is 80.7 Å². The summed E-state index contributed by atoms with van der Waals surface area (Å²) in [7, 11) is 9.01. The molecule has 4 bridgehead atoms. The minimum atomic E-state index is -5.35. The van der Waals surface area contributed by atoms with Crippen LogP contribution in [0.3, 0.4) is 0 Å². The number of fused-ring (bicyclic) bond motifs is 6. The first-order valence-corrected chi connectivity index (χ1v) is 49.4. The van der Waals surface area contributed by atoms with Crippen LogP contribution in [0.4, 0.5) is 47.3 Å². The number of carbonyl (C=O) groups is 13. The Morgan fingerprint density at radius 3 is 2.09 bits per heavy atom. The molecule has 47 heteroatoms. The number of nitrogens with zero attached hydrogens (tertiary/aromatic N) is 2. The van der Waals surface area contributed by atoms with Gasteiger partial charge in [-0.05, 0) is 131 Å². The molecule has 4 aliphatic rings. The zero-order valence-electron chi connectivity index (χ0n) is 77.0. The second-order valence-electron chi connectivity index (χ2n) is 34.2. The number of halogens is 7. The normalized spacial score (nSPS) is 24.9. The van der Waals surface area contributed by atoms with Crippen molar-refractivity contribution in [1.29, 1.82) is 0 Å². The molecule has 139 heavy (non-hydrogen) atoms. The van der Waals surface area contributed by atoms with Crippen LogP contribution < -0.4 is 74.3 Å². The number of primary amides is 1. The number of aromatic hydroxyl groups is 1. The molecule has 3 saturated heterocycles. The summed E-state index contributed by atoms with van der Waals surface area (Å²) in [5, 5.41) is 59.2. The number of alkyl carbamates (subject to hydrolysis) is 1. The van der Waals surface area contributed by atoms with Gasteiger partial charge in [-0.25, -0.2) is 14.4 Å². The minimum absolute atomic E-state index is 0.0159. The number of phenols is 1. The zero-order valence-corrected chi connectivity index (χ0v) is 81.0. The number of H-pyrrole nitrogens is 1. The minimum Gasteiger partial charge on any atom is -0.508 e. The highest BCUT2D eigenvalue weighted by Crippen LogP contribution is 2.50. The number of anilines is 2. The summed E-state index contributed by atoms with van der Waals surface area (Å²) in [6.07, 6.45) is -12.8. The maximum atomic E-state index is 15.4. The number of hydrogen-bond acceptors (Lipinski definition) is 26. The summed E-state index contributed by atoms with van der Waals surface area (Å²) in [5.41, 5.74) is 7.21. The van der Waals surface area contributed by atoms with E-state index in [1.807, 2.05) is 12.2 Å². The van der Waals surface area contributed by atoms with Crippen molar-refractivity contribution >= 4 is 154 Å². The molecule has 36 nitrogen and oxygen atoms in total. The molecule has 5 heterocycles. The lowest BCUT2D eigenvalue weighted by molar-refractivity contribution is -0.162. The van der Waals surface area contributed by atoms with Crippen molar-refractivity contribution in [2.75, 3.05) is 68.1 Å². The SMILES string of the molecule is COc1cc2cc(c1Cl)N(C)C(=O)C[C@H](OC(=O)[C@H](C)N(C)C(=O)CCSSC[C@H](NC(=O)[C@@H]1CSSC[C@H](NC(=O)[C@@H](Cc3ccccc3)NC(=O)Nc3cc(C(F)(F)F)cc(C(F)(F)F)c3)C(=O)N[C@@H](Cc3ccc(O)cc3)C(=O)N[C@H](Cc3c[nH]c4ccccc34)C(=O)N[C@@H](CCCCN)C(=O)N[C@@H]([C@@H](C)O)C(=O)N1)C(N)=O)[C@]1(C)O[C@H]1[C@H](C)[C@@H]1C[C@@](O)(NC(=O)O1)[C@H](OC)/C=C/C=C(\C)C2. The van der Waals surface area contributed by atoms with Crippen LogP contribution in [-0.2, 0) is 110 Å². The van der Waals surface area contributed by atoms with Gasteiger partial charge < -0.3 is 113 Å². The van der Waals surface area contributed by atoms with Crippen LogP contribution >= 0.6 is 54.8 Å². The van der Waals surface area contributed by atoms with E-state index in [9.17, 15) is 84.8 Å². The molecule has 4 aliphatic heterocycles. The van der Waals surface area contributed by atoms with E-state index in [0.29, 0.717) is 46.0 Å².